The summed E-state index contributed by atoms with van der Waals surface area (Å²) in [4.78, 5) is 28.8. The van der Waals surface area contributed by atoms with E-state index in [4.69, 9.17) is 16.0 Å². The fraction of sp³-hybridized carbons (Fsp3) is 0.429. The van der Waals surface area contributed by atoms with Crippen LogP contribution in [0.2, 0.25) is 0 Å². The molecule has 2 amide bonds. The van der Waals surface area contributed by atoms with Crippen molar-refractivity contribution in [3.63, 3.8) is 0 Å². The first-order valence-electron chi connectivity index (χ1n) is 9.25. The number of hydrogen-bond donors (Lipinski definition) is 0. The number of nitrogens with zero attached hydrogens (tertiary/aromatic N) is 2. The van der Waals surface area contributed by atoms with Crippen molar-refractivity contribution >= 4 is 23.4 Å². The fourth-order valence-electron chi connectivity index (χ4n) is 3.04. The van der Waals surface area contributed by atoms with Gasteiger partial charge < -0.3 is 14.2 Å². The molecule has 1 unspecified atom stereocenters. The van der Waals surface area contributed by atoms with Gasteiger partial charge in [-0.25, -0.2) is 0 Å². The highest BCUT2D eigenvalue weighted by molar-refractivity contribution is 6.30. The van der Waals surface area contributed by atoms with Gasteiger partial charge in [0, 0.05) is 12.6 Å². The minimum atomic E-state index is -0.631. The summed E-state index contributed by atoms with van der Waals surface area (Å²) in [6.07, 6.45) is 1.86. The molecule has 1 aliphatic carbocycles. The summed E-state index contributed by atoms with van der Waals surface area (Å²) in [6.45, 7) is 4.40. The van der Waals surface area contributed by atoms with Crippen LogP contribution in [0.4, 0.5) is 0 Å². The number of benzene rings is 1. The van der Waals surface area contributed by atoms with Crippen LogP contribution in [0.1, 0.15) is 36.8 Å². The highest BCUT2D eigenvalue weighted by atomic mass is 35.5. The Morgan fingerprint density at radius 2 is 1.85 bits per heavy atom. The Bertz CT molecular complexity index is 784. The van der Waals surface area contributed by atoms with Gasteiger partial charge in [0.25, 0.3) is 0 Å². The quantitative estimate of drug-likeness (QED) is 0.647. The number of halogens is 1. The van der Waals surface area contributed by atoms with E-state index in [-0.39, 0.29) is 24.4 Å². The number of hydrogen-bond acceptors (Lipinski definition) is 3. The molecule has 1 aromatic heterocycles. The van der Waals surface area contributed by atoms with Crippen LogP contribution >= 0.6 is 11.6 Å². The summed E-state index contributed by atoms with van der Waals surface area (Å²) in [7, 11) is 0. The third-order valence-electron chi connectivity index (χ3n) is 4.63. The maximum atomic E-state index is 13.1. The van der Waals surface area contributed by atoms with E-state index in [2.05, 4.69) is 0 Å². The minimum Gasteiger partial charge on any atom is -0.464 e. The normalized spacial score (nSPS) is 14.6. The molecule has 1 atom stereocenters. The van der Waals surface area contributed by atoms with E-state index in [9.17, 15) is 9.59 Å². The van der Waals surface area contributed by atoms with Crippen LogP contribution in [0.25, 0.3) is 0 Å². The lowest BCUT2D eigenvalue weighted by Gasteiger charge is -2.28. The lowest BCUT2D eigenvalue weighted by atomic mass is 10.2. The summed E-state index contributed by atoms with van der Waals surface area (Å²) in [6, 6.07) is 13.7. The van der Waals surface area contributed by atoms with Gasteiger partial charge in [-0.3, -0.25) is 9.59 Å². The topological polar surface area (TPSA) is 53.8 Å². The summed E-state index contributed by atoms with van der Waals surface area (Å²) in [5.74, 6) is 1.25. The Hall–Kier alpha value is -2.27. The van der Waals surface area contributed by atoms with Crippen LogP contribution in [-0.4, -0.2) is 39.6 Å². The van der Waals surface area contributed by atoms with Gasteiger partial charge in [-0.05, 0) is 44.4 Å². The van der Waals surface area contributed by atoms with Gasteiger partial charge in [0.1, 0.15) is 23.4 Å². The van der Waals surface area contributed by atoms with E-state index in [0.29, 0.717) is 13.1 Å². The van der Waals surface area contributed by atoms with Crippen LogP contribution < -0.4 is 0 Å². The van der Waals surface area contributed by atoms with Crippen molar-refractivity contribution in [3.8, 4) is 0 Å². The SMILES string of the molecule is Cc1ccc(CN(Cc2ccccc2)C(=O)CN(C(=O)C(C)Cl)C2CC2)o1. The molecule has 2 aromatic rings. The number of carbonyl (C=O) groups excluding carboxylic acids is 2. The van der Waals surface area contributed by atoms with Crippen molar-refractivity contribution < 1.29 is 14.0 Å². The molecule has 5 nitrogen and oxygen atoms in total. The Morgan fingerprint density at radius 3 is 2.41 bits per heavy atom. The summed E-state index contributed by atoms with van der Waals surface area (Å²) < 4.78 is 5.66. The Balaban J connectivity index is 1.75. The van der Waals surface area contributed by atoms with Crippen LogP contribution in [-0.2, 0) is 22.7 Å². The van der Waals surface area contributed by atoms with E-state index >= 15 is 0 Å². The molecule has 27 heavy (non-hydrogen) atoms. The zero-order chi connectivity index (χ0) is 19.4. The zero-order valence-corrected chi connectivity index (χ0v) is 16.5. The molecular weight excluding hydrogens is 364 g/mol. The second-order valence-corrected chi connectivity index (χ2v) is 7.72. The van der Waals surface area contributed by atoms with Crippen LogP contribution in [0, 0.1) is 6.92 Å². The van der Waals surface area contributed by atoms with Crippen LogP contribution in [0.15, 0.2) is 46.9 Å². The van der Waals surface area contributed by atoms with Gasteiger partial charge in [-0.15, -0.1) is 11.6 Å². The number of carbonyl (C=O) groups is 2. The Labute approximate surface area is 164 Å². The monoisotopic (exact) mass is 388 g/mol. The molecule has 0 radical (unpaired) electrons. The van der Waals surface area contributed by atoms with Crippen molar-refractivity contribution in [3.05, 3.63) is 59.5 Å². The van der Waals surface area contributed by atoms with E-state index in [0.717, 1.165) is 29.9 Å². The smallest absolute Gasteiger partial charge is 0.242 e. The molecule has 1 aromatic carbocycles. The summed E-state index contributed by atoms with van der Waals surface area (Å²) in [5.41, 5.74) is 1.03. The molecular formula is C21H25ClN2O3. The van der Waals surface area contributed by atoms with Crippen molar-refractivity contribution in [1.29, 1.82) is 0 Å². The molecule has 0 bridgehead atoms. The molecule has 1 saturated carbocycles. The molecule has 1 aliphatic rings. The molecule has 3 rings (SSSR count). The molecule has 0 saturated heterocycles. The van der Waals surface area contributed by atoms with Gasteiger partial charge in [-0.2, -0.15) is 0 Å². The maximum Gasteiger partial charge on any atom is 0.242 e. The van der Waals surface area contributed by atoms with Crippen LogP contribution in [0.3, 0.4) is 0 Å². The van der Waals surface area contributed by atoms with Crippen molar-refractivity contribution in [2.45, 2.75) is 51.2 Å². The molecule has 1 fully saturated rings. The molecule has 0 N–H and O–H groups in total. The molecule has 144 valence electrons. The van der Waals surface area contributed by atoms with Crippen molar-refractivity contribution in [2.75, 3.05) is 6.54 Å². The minimum absolute atomic E-state index is 0.0487. The first kappa shape index (κ1) is 19.5. The Kier molecular flexibility index (Phi) is 6.22. The zero-order valence-electron chi connectivity index (χ0n) is 15.7. The van der Waals surface area contributed by atoms with E-state index < -0.39 is 5.38 Å². The largest absolute Gasteiger partial charge is 0.464 e. The third kappa shape index (κ3) is 5.36. The Morgan fingerprint density at radius 1 is 1.15 bits per heavy atom. The average Bonchev–Trinajstić information content (AvgIpc) is 3.41. The number of aryl methyl sites for hydroxylation is 1. The molecule has 0 aliphatic heterocycles. The molecule has 0 spiro atoms. The van der Waals surface area contributed by atoms with Gasteiger partial charge in [0.2, 0.25) is 11.8 Å². The summed E-state index contributed by atoms with van der Waals surface area (Å²) in [5, 5.41) is -0.631. The lowest BCUT2D eigenvalue weighted by molar-refractivity contribution is -0.141. The first-order valence-corrected chi connectivity index (χ1v) is 9.69. The fourth-order valence-corrected chi connectivity index (χ4v) is 3.17. The highest BCUT2D eigenvalue weighted by Gasteiger charge is 2.36. The molecule has 6 heteroatoms. The molecule has 1 heterocycles. The van der Waals surface area contributed by atoms with Crippen molar-refractivity contribution in [1.82, 2.24) is 9.80 Å². The number of rotatable bonds is 8. The maximum absolute atomic E-state index is 13.1. The highest BCUT2D eigenvalue weighted by Crippen LogP contribution is 2.28. The number of amides is 2. The predicted octanol–water partition coefficient (Wildman–Crippen LogP) is 3.74. The van der Waals surface area contributed by atoms with Gasteiger partial charge >= 0.3 is 0 Å². The van der Waals surface area contributed by atoms with Gasteiger partial charge in [-0.1, -0.05) is 30.3 Å². The average molecular weight is 389 g/mol. The lowest BCUT2D eigenvalue weighted by Crippen LogP contribution is -2.45. The van der Waals surface area contributed by atoms with Gasteiger partial charge in [0.15, 0.2) is 0 Å². The first-order chi connectivity index (χ1) is 12.9. The van der Waals surface area contributed by atoms with Crippen LogP contribution in [0.5, 0.6) is 0 Å². The number of furan rings is 1. The van der Waals surface area contributed by atoms with E-state index in [1.807, 2.05) is 49.4 Å². The van der Waals surface area contributed by atoms with Gasteiger partial charge in [0.05, 0.1) is 6.54 Å². The second kappa shape index (κ2) is 8.61. The third-order valence-corrected chi connectivity index (χ3v) is 4.81. The second-order valence-electron chi connectivity index (χ2n) is 7.06. The van der Waals surface area contributed by atoms with E-state index in [1.165, 1.54) is 0 Å². The standard InChI is InChI=1S/C21H25ClN2O3/c1-15-8-11-19(27-15)13-23(12-17-6-4-3-5-7-17)20(25)14-24(18-9-10-18)21(26)16(2)22/h3-8,11,16,18H,9-10,12-14H2,1-2H3. The number of alkyl halides is 1. The summed E-state index contributed by atoms with van der Waals surface area (Å²) >= 11 is 5.99. The predicted molar refractivity (Wildman–Crippen MR) is 104 cm³/mol. The van der Waals surface area contributed by atoms with Crippen molar-refractivity contribution in [2.24, 2.45) is 0 Å². The van der Waals surface area contributed by atoms with E-state index in [1.54, 1.807) is 16.7 Å².